The lowest BCUT2D eigenvalue weighted by molar-refractivity contribution is 0.220. The van der Waals surface area contributed by atoms with Gasteiger partial charge in [-0.25, -0.2) is 0 Å². The molecule has 0 aliphatic carbocycles. The maximum Gasteiger partial charge on any atom is 0.0201 e. The van der Waals surface area contributed by atoms with E-state index in [1.165, 1.54) is 19.5 Å². The predicted octanol–water partition coefficient (Wildman–Crippen LogP) is 4.74. The number of hydrogen-bond acceptors (Lipinski definition) is 1. The van der Waals surface area contributed by atoms with E-state index in [4.69, 9.17) is 0 Å². The van der Waals surface area contributed by atoms with Crippen LogP contribution in [0.5, 0.6) is 0 Å². The zero-order valence-corrected chi connectivity index (χ0v) is 13.3. The van der Waals surface area contributed by atoms with Crippen LogP contribution in [-0.4, -0.2) is 24.0 Å². The second kappa shape index (κ2) is 7.92. The Labute approximate surface area is 109 Å². The zero-order valence-electron chi connectivity index (χ0n) is 13.3. The highest BCUT2D eigenvalue weighted by atomic mass is 15.1. The minimum Gasteiger partial charge on any atom is -0.297 e. The van der Waals surface area contributed by atoms with Crippen molar-refractivity contribution in [3.8, 4) is 0 Å². The first-order chi connectivity index (χ1) is 7.93. The first kappa shape index (κ1) is 16.7. The van der Waals surface area contributed by atoms with Gasteiger partial charge in [-0.1, -0.05) is 52.7 Å². The SMILES string of the molecule is CC.CC(C)C1=C(C(C)C)CN(C(C)C)CC1. The Morgan fingerprint density at radius 3 is 1.65 bits per heavy atom. The third-order valence-electron chi connectivity index (χ3n) is 3.58. The van der Waals surface area contributed by atoms with Crippen LogP contribution in [0.15, 0.2) is 11.1 Å². The Balaban J connectivity index is 0.00000121. The van der Waals surface area contributed by atoms with Crippen molar-refractivity contribution < 1.29 is 0 Å². The molecule has 0 fully saturated rings. The topological polar surface area (TPSA) is 3.24 Å². The van der Waals surface area contributed by atoms with Crippen LogP contribution in [0.4, 0.5) is 0 Å². The minimum atomic E-state index is 0.687. The summed E-state index contributed by atoms with van der Waals surface area (Å²) < 4.78 is 0. The van der Waals surface area contributed by atoms with E-state index in [-0.39, 0.29) is 0 Å². The highest BCUT2D eigenvalue weighted by molar-refractivity contribution is 5.22. The van der Waals surface area contributed by atoms with Crippen molar-refractivity contribution in [2.75, 3.05) is 13.1 Å². The summed E-state index contributed by atoms with van der Waals surface area (Å²) in [5, 5.41) is 0. The molecule has 0 saturated carbocycles. The number of hydrogen-bond donors (Lipinski definition) is 0. The number of nitrogens with zero attached hydrogens (tertiary/aromatic N) is 1. The Morgan fingerprint density at radius 1 is 0.824 bits per heavy atom. The molecule has 0 N–H and O–H groups in total. The van der Waals surface area contributed by atoms with Gasteiger partial charge in [0.15, 0.2) is 0 Å². The molecule has 1 rings (SSSR count). The van der Waals surface area contributed by atoms with Crippen LogP contribution in [0.1, 0.15) is 61.8 Å². The molecule has 0 unspecified atom stereocenters. The Morgan fingerprint density at radius 2 is 1.29 bits per heavy atom. The van der Waals surface area contributed by atoms with E-state index in [0.29, 0.717) is 12.0 Å². The number of rotatable bonds is 3. The normalized spacial score (nSPS) is 17.8. The molecular formula is C16H33N. The van der Waals surface area contributed by atoms with Gasteiger partial charge in [-0.05, 0) is 32.1 Å². The third-order valence-corrected chi connectivity index (χ3v) is 3.58. The molecule has 1 aliphatic rings. The van der Waals surface area contributed by atoms with E-state index in [9.17, 15) is 0 Å². The van der Waals surface area contributed by atoms with Crippen LogP contribution in [0.25, 0.3) is 0 Å². The summed E-state index contributed by atoms with van der Waals surface area (Å²) in [4.78, 5) is 2.60. The third kappa shape index (κ3) is 4.83. The largest absolute Gasteiger partial charge is 0.297 e. The second-order valence-corrected chi connectivity index (χ2v) is 5.67. The smallest absolute Gasteiger partial charge is 0.0201 e. The molecule has 0 amide bonds. The van der Waals surface area contributed by atoms with Crippen molar-refractivity contribution in [2.24, 2.45) is 11.8 Å². The molecule has 0 bridgehead atoms. The van der Waals surface area contributed by atoms with Gasteiger partial charge in [-0.2, -0.15) is 0 Å². The molecule has 102 valence electrons. The molecular weight excluding hydrogens is 206 g/mol. The molecule has 0 spiro atoms. The van der Waals surface area contributed by atoms with E-state index < -0.39 is 0 Å². The summed E-state index contributed by atoms with van der Waals surface area (Å²) in [6.45, 7) is 20.4. The molecule has 0 radical (unpaired) electrons. The first-order valence-corrected chi connectivity index (χ1v) is 7.39. The van der Waals surface area contributed by atoms with Gasteiger partial charge in [0.05, 0.1) is 0 Å². The molecule has 0 atom stereocenters. The van der Waals surface area contributed by atoms with E-state index in [0.717, 1.165) is 5.92 Å². The van der Waals surface area contributed by atoms with Gasteiger partial charge in [0.1, 0.15) is 0 Å². The van der Waals surface area contributed by atoms with E-state index in [1.807, 2.05) is 13.8 Å². The Bertz CT molecular complexity index is 236. The van der Waals surface area contributed by atoms with Crippen molar-refractivity contribution in [1.82, 2.24) is 4.90 Å². The minimum absolute atomic E-state index is 0.687. The first-order valence-electron chi connectivity index (χ1n) is 7.39. The highest BCUT2D eigenvalue weighted by Gasteiger charge is 2.23. The zero-order chi connectivity index (χ0) is 13.6. The Kier molecular flexibility index (Phi) is 7.78. The summed E-state index contributed by atoms with van der Waals surface area (Å²) >= 11 is 0. The average molecular weight is 239 g/mol. The average Bonchev–Trinajstić information content (AvgIpc) is 2.30. The van der Waals surface area contributed by atoms with E-state index >= 15 is 0 Å². The molecule has 1 nitrogen and oxygen atoms in total. The summed E-state index contributed by atoms with van der Waals surface area (Å²) in [5.41, 5.74) is 3.42. The van der Waals surface area contributed by atoms with Gasteiger partial charge in [-0.15, -0.1) is 0 Å². The summed E-state index contributed by atoms with van der Waals surface area (Å²) in [6.07, 6.45) is 1.28. The van der Waals surface area contributed by atoms with Gasteiger partial charge in [0.25, 0.3) is 0 Å². The van der Waals surface area contributed by atoms with Crippen molar-refractivity contribution in [3.63, 3.8) is 0 Å². The molecule has 0 aromatic rings. The quantitative estimate of drug-likeness (QED) is 0.643. The lowest BCUT2D eigenvalue weighted by Gasteiger charge is -2.36. The van der Waals surface area contributed by atoms with Gasteiger partial charge >= 0.3 is 0 Å². The highest BCUT2D eigenvalue weighted by Crippen LogP contribution is 2.29. The molecule has 1 aliphatic heterocycles. The fourth-order valence-corrected chi connectivity index (χ4v) is 2.48. The lowest BCUT2D eigenvalue weighted by atomic mass is 9.85. The fraction of sp³-hybridized carbons (Fsp3) is 0.875. The maximum atomic E-state index is 2.60. The summed E-state index contributed by atoms with van der Waals surface area (Å²) in [6, 6.07) is 0.687. The van der Waals surface area contributed by atoms with Gasteiger partial charge in [0.2, 0.25) is 0 Å². The lowest BCUT2D eigenvalue weighted by Crippen LogP contribution is -2.38. The van der Waals surface area contributed by atoms with Gasteiger partial charge < -0.3 is 0 Å². The molecule has 0 aromatic heterocycles. The molecule has 0 saturated heterocycles. The van der Waals surface area contributed by atoms with Gasteiger partial charge in [-0.3, -0.25) is 4.90 Å². The summed E-state index contributed by atoms with van der Waals surface area (Å²) in [7, 11) is 0. The van der Waals surface area contributed by atoms with E-state index in [1.54, 1.807) is 11.1 Å². The Hall–Kier alpha value is -0.300. The van der Waals surface area contributed by atoms with Crippen molar-refractivity contribution in [2.45, 2.75) is 67.9 Å². The van der Waals surface area contributed by atoms with Crippen LogP contribution in [0, 0.1) is 11.8 Å². The van der Waals surface area contributed by atoms with Crippen molar-refractivity contribution in [1.29, 1.82) is 0 Å². The predicted molar refractivity (Wildman–Crippen MR) is 79.4 cm³/mol. The van der Waals surface area contributed by atoms with Crippen LogP contribution < -0.4 is 0 Å². The fourth-order valence-electron chi connectivity index (χ4n) is 2.48. The van der Waals surface area contributed by atoms with Gasteiger partial charge in [0, 0.05) is 19.1 Å². The van der Waals surface area contributed by atoms with Crippen LogP contribution >= 0.6 is 0 Å². The van der Waals surface area contributed by atoms with Crippen molar-refractivity contribution >= 4 is 0 Å². The monoisotopic (exact) mass is 239 g/mol. The maximum absolute atomic E-state index is 2.60. The summed E-state index contributed by atoms with van der Waals surface area (Å²) in [5.74, 6) is 1.45. The molecule has 0 aromatic carbocycles. The second-order valence-electron chi connectivity index (χ2n) is 5.67. The van der Waals surface area contributed by atoms with E-state index in [2.05, 4.69) is 46.4 Å². The van der Waals surface area contributed by atoms with Crippen LogP contribution in [-0.2, 0) is 0 Å². The van der Waals surface area contributed by atoms with Crippen LogP contribution in [0.3, 0.4) is 0 Å². The van der Waals surface area contributed by atoms with Crippen LogP contribution in [0.2, 0.25) is 0 Å². The molecule has 1 heterocycles. The van der Waals surface area contributed by atoms with Crippen molar-refractivity contribution in [3.05, 3.63) is 11.1 Å². The molecule has 17 heavy (non-hydrogen) atoms. The molecule has 1 heteroatoms. The standard InChI is InChI=1S/C14H27N.C2H6/c1-10(2)13-7-8-15(12(5)6)9-14(13)11(3)4;1-2/h10-12H,7-9H2,1-6H3;1-2H3.